The zero-order valence-corrected chi connectivity index (χ0v) is 18.4. The molecular formula is C22H23BrFN3O3. The molecule has 1 atom stereocenters. The van der Waals surface area contributed by atoms with E-state index in [1.54, 1.807) is 12.1 Å². The molecule has 8 heteroatoms. The van der Waals surface area contributed by atoms with Gasteiger partial charge in [-0.25, -0.2) is 9.18 Å². The molecule has 1 fully saturated rings. The zero-order chi connectivity index (χ0) is 21.9. The number of imide groups is 1. The summed E-state index contributed by atoms with van der Waals surface area (Å²) < 4.78 is 14.2. The number of anilines is 1. The number of amides is 4. The molecule has 1 saturated heterocycles. The third-order valence-corrected chi connectivity index (χ3v) is 6.03. The molecule has 0 bridgehead atoms. The predicted molar refractivity (Wildman–Crippen MR) is 115 cm³/mol. The Morgan fingerprint density at radius 2 is 1.90 bits per heavy atom. The number of aryl methyl sites for hydroxylation is 1. The summed E-state index contributed by atoms with van der Waals surface area (Å²) in [7, 11) is 0. The fourth-order valence-corrected chi connectivity index (χ4v) is 3.85. The lowest BCUT2D eigenvalue weighted by molar-refractivity contribution is -0.134. The van der Waals surface area contributed by atoms with Crippen LogP contribution in [0.5, 0.6) is 0 Å². The van der Waals surface area contributed by atoms with E-state index in [1.807, 2.05) is 19.9 Å². The van der Waals surface area contributed by atoms with Crippen LogP contribution < -0.4 is 10.6 Å². The molecule has 2 aromatic carbocycles. The Kier molecular flexibility index (Phi) is 6.55. The Morgan fingerprint density at radius 3 is 2.53 bits per heavy atom. The second-order valence-corrected chi connectivity index (χ2v) is 8.20. The monoisotopic (exact) mass is 475 g/mol. The Bertz CT molecular complexity index is 980. The van der Waals surface area contributed by atoms with E-state index < -0.39 is 35.7 Å². The van der Waals surface area contributed by atoms with E-state index in [1.165, 1.54) is 24.3 Å². The number of carbonyl (C=O) groups excluding carboxylic acids is 3. The highest BCUT2D eigenvalue weighted by Gasteiger charge is 2.52. The maximum Gasteiger partial charge on any atom is 0.325 e. The van der Waals surface area contributed by atoms with Crippen LogP contribution in [0.2, 0.25) is 0 Å². The topological polar surface area (TPSA) is 78.5 Å². The molecule has 1 aliphatic rings. The average Bonchev–Trinajstić information content (AvgIpc) is 2.95. The van der Waals surface area contributed by atoms with Gasteiger partial charge in [-0.05, 0) is 48.7 Å². The molecule has 2 N–H and O–H groups in total. The summed E-state index contributed by atoms with van der Waals surface area (Å²) in [4.78, 5) is 39.3. The van der Waals surface area contributed by atoms with Gasteiger partial charge in [0.2, 0.25) is 5.91 Å². The number of hydrogen-bond donors (Lipinski definition) is 2. The molecule has 0 saturated carbocycles. The van der Waals surface area contributed by atoms with Crippen molar-refractivity contribution in [2.24, 2.45) is 0 Å². The van der Waals surface area contributed by atoms with Gasteiger partial charge in [-0.15, -0.1) is 0 Å². The van der Waals surface area contributed by atoms with Crippen LogP contribution in [0.3, 0.4) is 0 Å². The van der Waals surface area contributed by atoms with Crippen molar-refractivity contribution in [3.63, 3.8) is 0 Å². The Morgan fingerprint density at radius 1 is 1.20 bits per heavy atom. The van der Waals surface area contributed by atoms with Crippen LogP contribution in [-0.4, -0.2) is 29.3 Å². The standard InChI is InChI=1S/C22H23BrFN3O3/c1-3-4-11-22(15-6-8-16(24)9-7-15)20(29)27(21(30)26-22)13-19(28)25-17-10-5-14(2)18(23)12-17/h5-10,12H,3-4,11,13H2,1-2H3,(H,25,28)(H,26,30). The van der Waals surface area contributed by atoms with Gasteiger partial charge in [0.15, 0.2) is 0 Å². The molecule has 4 amide bonds. The number of nitrogens with zero attached hydrogens (tertiary/aromatic N) is 1. The van der Waals surface area contributed by atoms with Crippen LogP contribution in [0.4, 0.5) is 14.9 Å². The van der Waals surface area contributed by atoms with Crippen LogP contribution >= 0.6 is 15.9 Å². The highest BCUT2D eigenvalue weighted by atomic mass is 79.9. The predicted octanol–water partition coefficient (Wildman–Crippen LogP) is 4.47. The lowest BCUT2D eigenvalue weighted by Crippen LogP contribution is -2.44. The van der Waals surface area contributed by atoms with Crippen LogP contribution in [0, 0.1) is 12.7 Å². The third kappa shape index (κ3) is 4.38. The molecule has 2 aromatic rings. The average molecular weight is 476 g/mol. The van der Waals surface area contributed by atoms with E-state index in [4.69, 9.17) is 0 Å². The summed E-state index contributed by atoms with van der Waals surface area (Å²) in [5.41, 5.74) is 0.775. The fourth-order valence-electron chi connectivity index (χ4n) is 3.47. The Balaban J connectivity index is 1.81. The molecule has 1 aliphatic heterocycles. The van der Waals surface area contributed by atoms with E-state index >= 15 is 0 Å². The molecule has 6 nitrogen and oxygen atoms in total. The molecule has 30 heavy (non-hydrogen) atoms. The molecule has 0 aliphatic carbocycles. The lowest BCUT2D eigenvalue weighted by Gasteiger charge is -2.27. The molecule has 3 rings (SSSR count). The second-order valence-electron chi connectivity index (χ2n) is 7.35. The van der Waals surface area contributed by atoms with Crippen molar-refractivity contribution < 1.29 is 18.8 Å². The molecule has 1 heterocycles. The number of benzene rings is 2. The third-order valence-electron chi connectivity index (χ3n) is 5.18. The number of carbonyl (C=O) groups is 3. The molecule has 0 radical (unpaired) electrons. The quantitative estimate of drug-likeness (QED) is 0.579. The van der Waals surface area contributed by atoms with Crippen molar-refractivity contribution >= 4 is 39.5 Å². The summed E-state index contributed by atoms with van der Waals surface area (Å²) >= 11 is 3.41. The minimum Gasteiger partial charge on any atom is -0.324 e. The summed E-state index contributed by atoms with van der Waals surface area (Å²) in [6.07, 6.45) is 1.86. The van der Waals surface area contributed by atoms with Gasteiger partial charge in [0.25, 0.3) is 5.91 Å². The fraction of sp³-hybridized carbons (Fsp3) is 0.318. The first-order chi connectivity index (χ1) is 14.3. The molecule has 0 aromatic heterocycles. The van der Waals surface area contributed by atoms with Crippen molar-refractivity contribution in [3.8, 4) is 0 Å². The number of hydrogen-bond acceptors (Lipinski definition) is 3. The minimum absolute atomic E-state index is 0.364. The number of halogens is 2. The number of nitrogens with one attached hydrogen (secondary N) is 2. The smallest absolute Gasteiger partial charge is 0.324 e. The maximum atomic E-state index is 13.4. The first-order valence-electron chi connectivity index (χ1n) is 9.73. The van der Waals surface area contributed by atoms with Crippen LogP contribution in [0.25, 0.3) is 0 Å². The molecule has 1 unspecified atom stereocenters. The highest BCUT2D eigenvalue weighted by molar-refractivity contribution is 9.10. The normalized spacial score (nSPS) is 18.5. The van der Waals surface area contributed by atoms with Crippen molar-refractivity contribution in [3.05, 3.63) is 63.9 Å². The highest BCUT2D eigenvalue weighted by Crippen LogP contribution is 2.34. The lowest BCUT2D eigenvalue weighted by atomic mass is 9.85. The number of urea groups is 1. The van der Waals surface area contributed by atoms with Crippen molar-refractivity contribution in [1.29, 1.82) is 0 Å². The van der Waals surface area contributed by atoms with Gasteiger partial charge in [0, 0.05) is 10.2 Å². The van der Waals surface area contributed by atoms with Crippen LogP contribution in [0.15, 0.2) is 46.9 Å². The molecular weight excluding hydrogens is 453 g/mol. The van der Waals surface area contributed by atoms with Crippen LogP contribution in [-0.2, 0) is 15.1 Å². The first kappa shape index (κ1) is 22.0. The molecule has 158 valence electrons. The zero-order valence-electron chi connectivity index (χ0n) is 16.8. The SMILES string of the molecule is CCCCC1(c2ccc(F)cc2)NC(=O)N(CC(=O)Nc2ccc(C)c(Br)c2)C1=O. The maximum absolute atomic E-state index is 13.4. The molecule has 0 spiro atoms. The van der Waals surface area contributed by atoms with Crippen molar-refractivity contribution in [2.45, 2.75) is 38.6 Å². The number of unbranched alkanes of at least 4 members (excludes halogenated alkanes) is 1. The van der Waals surface area contributed by atoms with Gasteiger partial charge in [-0.3, -0.25) is 14.5 Å². The second kappa shape index (κ2) is 8.95. The van der Waals surface area contributed by atoms with E-state index in [9.17, 15) is 18.8 Å². The van der Waals surface area contributed by atoms with E-state index in [0.29, 0.717) is 24.1 Å². The van der Waals surface area contributed by atoms with E-state index in [0.717, 1.165) is 21.4 Å². The van der Waals surface area contributed by atoms with Gasteiger partial charge in [-0.1, -0.05) is 53.9 Å². The van der Waals surface area contributed by atoms with Gasteiger partial charge in [0.1, 0.15) is 17.9 Å². The summed E-state index contributed by atoms with van der Waals surface area (Å²) in [6.45, 7) is 3.49. The van der Waals surface area contributed by atoms with E-state index in [-0.39, 0.29) is 0 Å². The number of rotatable bonds is 7. The van der Waals surface area contributed by atoms with Crippen molar-refractivity contribution in [2.75, 3.05) is 11.9 Å². The van der Waals surface area contributed by atoms with Gasteiger partial charge < -0.3 is 10.6 Å². The Labute approximate surface area is 183 Å². The van der Waals surface area contributed by atoms with Crippen LogP contribution in [0.1, 0.15) is 37.3 Å². The Hall–Kier alpha value is -2.74. The van der Waals surface area contributed by atoms with Gasteiger partial charge >= 0.3 is 6.03 Å². The minimum atomic E-state index is -1.30. The summed E-state index contributed by atoms with van der Waals surface area (Å²) in [5, 5.41) is 5.45. The van der Waals surface area contributed by atoms with E-state index in [2.05, 4.69) is 26.6 Å². The summed E-state index contributed by atoms with van der Waals surface area (Å²) in [5.74, 6) is -1.42. The largest absolute Gasteiger partial charge is 0.325 e. The van der Waals surface area contributed by atoms with Crippen molar-refractivity contribution in [1.82, 2.24) is 10.2 Å². The first-order valence-corrected chi connectivity index (χ1v) is 10.5. The van der Waals surface area contributed by atoms with Gasteiger partial charge in [-0.2, -0.15) is 0 Å². The summed E-state index contributed by atoms with van der Waals surface area (Å²) in [6, 6.07) is 10.2. The van der Waals surface area contributed by atoms with Gasteiger partial charge in [0.05, 0.1) is 0 Å².